The molecule has 150 valence electrons. The second-order valence-electron chi connectivity index (χ2n) is 6.21. The van der Waals surface area contributed by atoms with Crippen molar-refractivity contribution in [3.8, 4) is 0 Å². The van der Waals surface area contributed by atoms with E-state index >= 15 is 0 Å². The number of likely N-dealkylation sites (N-methyl/N-ethyl adjacent to an activating group) is 1. The first-order valence-corrected chi connectivity index (χ1v) is 8.30. The van der Waals surface area contributed by atoms with E-state index in [4.69, 9.17) is 0 Å². The predicted molar refractivity (Wildman–Crippen MR) is 97.2 cm³/mol. The van der Waals surface area contributed by atoms with Gasteiger partial charge in [0.2, 0.25) is 11.8 Å². The van der Waals surface area contributed by atoms with Gasteiger partial charge < -0.3 is 10.6 Å². The molecule has 1 atom stereocenters. The molecule has 2 aromatic rings. The van der Waals surface area contributed by atoms with Crippen molar-refractivity contribution in [3.05, 3.63) is 59.9 Å². The van der Waals surface area contributed by atoms with Crippen LogP contribution in [0.1, 0.15) is 12.5 Å². The summed E-state index contributed by atoms with van der Waals surface area (Å²) >= 11 is 0. The summed E-state index contributed by atoms with van der Waals surface area (Å²) in [6.45, 7) is 1.45. The predicted octanol–water partition coefficient (Wildman–Crippen LogP) is 3.74. The maximum Gasteiger partial charge on any atom is 0.416 e. The topological polar surface area (TPSA) is 61.4 Å². The number of anilines is 2. The lowest BCUT2D eigenvalue weighted by molar-refractivity contribution is -0.137. The Morgan fingerprint density at radius 3 is 2.00 bits per heavy atom. The molecule has 0 aromatic heterocycles. The lowest BCUT2D eigenvalue weighted by Crippen LogP contribution is -2.43. The molecule has 2 N–H and O–H groups in total. The summed E-state index contributed by atoms with van der Waals surface area (Å²) < 4.78 is 50.6. The summed E-state index contributed by atoms with van der Waals surface area (Å²) in [5.74, 6) is -1.30. The molecule has 0 fully saturated rings. The van der Waals surface area contributed by atoms with E-state index < -0.39 is 35.4 Å². The molecule has 5 nitrogen and oxygen atoms in total. The van der Waals surface area contributed by atoms with Crippen molar-refractivity contribution in [2.45, 2.75) is 19.1 Å². The van der Waals surface area contributed by atoms with Crippen LogP contribution >= 0.6 is 0 Å². The van der Waals surface area contributed by atoms with Crippen LogP contribution in [0.15, 0.2) is 48.5 Å². The minimum Gasteiger partial charge on any atom is -0.325 e. The normalized spacial score (nSPS) is 12.5. The number of nitrogens with one attached hydrogen (secondary N) is 2. The average Bonchev–Trinajstić information content (AvgIpc) is 2.62. The molecule has 0 aliphatic heterocycles. The van der Waals surface area contributed by atoms with Crippen LogP contribution in [-0.2, 0) is 15.8 Å². The number of hydrogen-bond donors (Lipinski definition) is 2. The Morgan fingerprint density at radius 1 is 0.964 bits per heavy atom. The number of hydrogen-bond acceptors (Lipinski definition) is 3. The molecule has 2 aromatic carbocycles. The van der Waals surface area contributed by atoms with E-state index in [2.05, 4.69) is 10.6 Å². The number of alkyl halides is 3. The van der Waals surface area contributed by atoms with Gasteiger partial charge in [-0.3, -0.25) is 14.5 Å². The fourth-order valence-corrected chi connectivity index (χ4v) is 2.29. The summed E-state index contributed by atoms with van der Waals surface area (Å²) in [5, 5.41) is 5.09. The molecule has 0 aliphatic rings. The second-order valence-corrected chi connectivity index (χ2v) is 6.21. The first-order valence-electron chi connectivity index (χ1n) is 8.30. The van der Waals surface area contributed by atoms with E-state index in [-0.39, 0.29) is 12.2 Å². The van der Waals surface area contributed by atoms with Crippen molar-refractivity contribution in [1.29, 1.82) is 0 Å². The lowest BCUT2D eigenvalue weighted by Gasteiger charge is -2.23. The number of halogens is 4. The maximum absolute atomic E-state index is 12.9. The first-order chi connectivity index (χ1) is 13.1. The number of benzene rings is 2. The molecule has 0 heterocycles. The second kappa shape index (κ2) is 8.83. The summed E-state index contributed by atoms with van der Waals surface area (Å²) in [4.78, 5) is 25.8. The zero-order valence-electron chi connectivity index (χ0n) is 15.2. The number of carbonyl (C=O) groups excluding carboxylic acids is 2. The van der Waals surface area contributed by atoms with Crippen LogP contribution in [0.2, 0.25) is 0 Å². The van der Waals surface area contributed by atoms with Gasteiger partial charge in [-0.05, 0) is 62.5 Å². The molecular weight excluding hydrogens is 378 g/mol. The fourth-order valence-electron chi connectivity index (χ4n) is 2.29. The van der Waals surface area contributed by atoms with E-state index in [0.717, 1.165) is 24.3 Å². The lowest BCUT2D eigenvalue weighted by atomic mass is 10.2. The molecule has 0 unspecified atom stereocenters. The first kappa shape index (κ1) is 21.4. The third kappa shape index (κ3) is 6.05. The summed E-state index contributed by atoms with van der Waals surface area (Å²) in [6.07, 6.45) is -4.45. The van der Waals surface area contributed by atoms with Gasteiger partial charge in [0.15, 0.2) is 0 Å². The van der Waals surface area contributed by atoms with Crippen molar-refractivity contribution < 1.29 is 27.2 Å². The van der Waals surface area contributed by atoms with Gasteiger partial charge in [0.05, 0.1) is 18.2 Å². The summed E-state index contributed by atoms with van der Waals surface area (Å²) in [6, 6.07) is 8.59. The monoisotopic (exact) mass is 397 g/mol. The highest BCUT2D eigenvalue weighted by atomic mass is 19.4. The Balaban J connectivity index is 1.89. The van der Waals surface area contributed by atoms with Crippen molar-refractivity contribution in [2.24, 2.45) is 0 Å². The van der Waals surface area contributed by atoms with Crippen LogP contribution in [0.25, 0.3) is 0 Å². The number of nitrogens with zero attached hydrogens (tertiary/aromatic N) is 1. The van der Waals surface area contributed by atoms with Crippen molar-refractivity contribution >= 4 is 23.2 Å². The van der Waals surface area contributed by atoms with E-state index in [0.29, 0.717) is 5.69 Å². The molecule has 28 heavy (non-hydrogen) atoms. The molecule has 0 radical (unpaired) electrons. The van der Waals surface area contributed by atoms with Crippen LogP contribution in [0, 0.1) is 5.82 Å². The molecule has 0 saturated heterocycles. The highest BCUT2D eigenvalue weighted by molar-refractivity contribution is 5.96. The van der Waals surface area contributed by atoms with Gasteiger partial charge in [-0.1, -0.05) is 0 Å². The zero-order chi connectivity index (χ0) is 20.9. The quantitative estimate of drug-likeness (QED) is 0.730. The highest BCUT2D eigenvalue weighted by Gasteiger charge is 2.30. The Hall–Kier alpha value is -2.94. The average molecular weight is 397 g/mol. The molecule has 0 bridgehead atoms. The van der Waals surface area contributed by atoms with Crippen LogP contribution in [0.5, 0.6) is 0 Å². The standard InChI is InChI=1S/C19H19F4N3O2/c1-12(18(28)25-16-7-3-13(4-8-16)19(21,22)23)26(2)11-17(27)24-15-9-5-14(20)6-10-15/h3-10,12H,11H2,1-2H3,(H,24,27)(H,25,28)/t12-/m0/s1. The fraction of sp³-hybridized carbons (Fsp3) is 0.263. The summed E-state index contributed by atoms with van der Waals surface area (Å²) in [5.41, 5.74) is -0.177. The SMILES string of the molecule is C[C@@H](C(=O)Nc1ccc(C(F)(F)F)cc1)N(C)CC(=O)Nc1ccc(F)cc1. The maximum atomic E-state index is 12.9. The molecule has 0 spiro atoms. The minimum atomic E-state index is -4.45. The number of carbonyl (C=O) groups is 2. The van der Waals surface area contributed by atoms with Crippen molar-refractivity contribution in [2.75, 3.05) is 24.2 Å². The van der Waals surface area contributed by atoms with E-state index in [1.54, 1.807) is 14.0 Å². The van der Waals surface area contributed by atoms with Gasteiger partial charge in [-0.25, -0.2) is 4.39 Å². The smallest absolute Gasteiger partial charge is 0.325 e. The molecule has 2 rings (SSSR count). The van der Waals surface area contributed by atoms with Crippen LogP contribution in [0.4, 0.5) is 28.9 Å². The van der Waals surface area contributed by atoms with Gasteiger partial charge in [0.25, 0.3) is 0 Å². The largest absolute Gasteiger partial charge is 0.416 e. The van der Waals surface area contributed by atoms with E-state index in [1.165, 1.54) is 29.2 Å². The van der Waals surface area contributed by atoms with Crippen LogP contribution in [-0.4, -0.2) is 36.3 Å². The van der Waals surface area contributed by atoms with Crippen LogP contribution in [0.3, 0.4) is 0 Å². The molecule has 0 aliphatic carbocycles. The molecular formula is C19H19F4N3O2. The van der Waals surface area contributed by atoms with Gasteiger partial charge in [-0.15, -0.1) is 0 Å². The number of amides is 2. The van der Waals surface area contributed by atoms with Gasteiger partial charge in [-0.2, -0.15) is 13.2 Å². The Kier molecular flexibility index (Phi) is 6.74. The van der Waals surface area contributed by atoms with Crippen molar-refractivity contribution in [1.82, 2.24) is 4.90 Å². The van der Waals surface area contributed by atoms with Gasteiger partial charge >= 0.3 is 6.18 Å². The molecule has 9 heteroatoms. The Morgan fingerprint density at radius 2 is 1.46 bits per heavy atom. The summed E-state index contributed by atoms with van der Waals surface area (Å²) in [7, 11) is 1.56. The van der Waals surface area contributed by atoms with E-state index in [1.807, 2.05) is 0 Å². The zero-order valence-corrected chi connectivity index (χ0v) is 15.2. The van der Waals surface area contributed by atoms with E-state index in [9.17, 15) is 27.2 Å². The molecule has 0 saturated carbocycles. The van der Waals surface area contributed by atoms with Crippen LogP contribution < -0.4 is 10.6 Å². The number of rotatable bonds is 6. The van der Waals surface area contributed by atoms with Gasteiger partial charge in [0.1, 0.15) is 5.82 Å². The highest BCUT2D eigenvalue weighted by Crippen LogP contribution is 2.29. The Bertz CT molecular complexity index is 821. The molecule has 2 amide bonds. The third-order valence-corrected chi connectivity index (χ3v) is 4.04. The van der Waals surface area contributed by atoms with Crippen molar-refractivity contribution in [3.63, 3.8) is 0 Å². The third-order valence-electron chi connectivity index (χ3n) is 4.04. The Labute approximate surface area is 159 Å². The minimum absolute atomic E-state index is 0.112. The van der Waals surface area contributed by atoms with Gasteiger partial charge in [0, 0.05) is 11.4 Å².